The third-order valence-electron chi connectivity index (χ3n) is 1.40. The average molecular weight is 221 g/mol. The van der Waals surface area contributed by atoms with Gasteiger partial charge in [-0.3, -0.25) is 4.79 Å². The number of carbonyl (C=O) groups is 1. The Morgan fingerprint density at radius 3 is 2.47 bits per heavy atom. The highest BCUT2D eigenvalue weighted by Crippen LogP contribution is 2.23. The minimum atomic E-state index is -4.85. The number of hydrogen-bond donors (Lipinski definition) is 2. The molecule has 5 nitrogen and oxygen atoms in total. The Balaban J connectivity index is 2.97. The second-order valence-electron chi connectivity index (χ2n) is 2.52. The van der Waals surface area contributed by atoms with Gasteiger partial charge in [-0.2, -0.15) is 0 Å². The Bertz CT molecular complexity index is 392. The number of aromatic nitrogens is 1. The molecule has 1 amide bonds. The van der Waals surface area contributed by atoms with Crippen LogP contribution in [0, 0.1) is 0 Å². The van der Waals surface area contributed by atoms with Gasteiger partial charge in [0, 0.05) is 12.3 Å². The fourth-order valence-corrected chi connectivity index (χ4v) is 0.831. The van der Waals surface area contributed by atoms with Crippen LogP contribution in [-0.2, 0) is 0 Å². The number of ether oxygens (including phenoxy) is 1. The van der Waals surface area contributed by atoms with Gasteiger partial charge in [-0.25, -0.2) is 4.98 Å². The zero-order valence-corrected chi connectivity index (χ0v) is 7.21. The zero-order valence-electron chi connectivity index (χ0n) is 7.21. The first-order valence-electron chi connectivity index (χ1n) is 3.60. The molecule has 0 spiro atoms. The number of hydrogen-bond acceptors (Lipinski definition) is 4. The number of carbonyl (C=O) groups excluding carboxylic acids is 1. The second-order valence-corrected chi connectivity index (χ2v) is 2.52. The summed E-state index contributed by atoms with van der Waals surface area (Å²) in [5, 5.41) is 0. The lowest BCUT2D eigenvalue weighted by Crippen LogP contribution is -2.19. The van der Waals surface area contributed by atoms with E-state index >= 15 is 0 Å². The minimum absolute atomic E-state index is 0.162. The van der Waals surface area contributed by atoms with E-state index in [4.69, 9.17) is 11.5 Å². The Morgan fingerprint density at radius 2 is 2.07 bits per heavy atom. The van der Waals surface area contributed by atoms with Crippen molar-refractivity contribution in [3.63, 3.8) is 0 Å². The molecule has 0 aliphatic carbocycles. The van der Waals surface area contributed by atoms with Crippen molar-refractivity contribution in [2.24, 2.45) is 5.73 Å². The fraction of sp³-hybridized carbons (Fsp3) is 0.143. The van der Waals surface area contributed by atoms with Gasteiger partial charge < -0.3 is 16.2 Å². The number of primary amides is 1. The maximum Gasteiger partial charge on any atom is 0.574 e. The Hall–Kier alpha value is -1.99. The first kappa shape index (κ1) is 11.1. The summed E-state index contributed by atoms with van der Waals surface area (Å²) in [6.07, 6.45) is -4.04. The Morgan fingerprint density at radius 1 is 1.47 bits per heavy atom. The van der Waals surface area contributed by atoms with E-state index in [1.165, 1.54) is 0 Å². The van der Waals surface area contributed by atoms with Crippen LogP contribution < -0.4 is 16.2 Å². The van der Waals surface area contributed by atoms with Gasteiger partial charge in [0.05, 0.1) is 11.3 Å². The van der Waals surface area contributed by atoms with Crippen molar-refractivity contribution in [1.29, 1.82) is 0 Å². The monoisotopic (exact) mass is 221 g/mol. The molecule has 0 saturated carbocycles. The molecular weight excluding hydrogens is 215 g/mol. The highest BCUT2D eigenvalue weighted by Gasteiger charge is 2.32. The summed E-state index contributed by atoms with van der Waals surface area (Å²) < 4.78 is 38.7. The lowest BCUT2D eigenvalue weighted by atomic mass is 10.2. The molecule has 4 N–H and O–H groups in total. The van der Waals surface area contributed by atoms with E-state index in [0.29, 0.717) is 0 Å². The van der Waals surface area contributed by atoms with E-state index in [9.17, 15) is 18.0 Å². The number of rotatable bonds is 2. The number of nitrogens with zero attached hydrogens (tertiary/aromatic N) is 1. The van der Waals surface area contributed by atoms with E-state index in [1.54, 1.807) is 0 Å². The summed E-state index contributed by atoms with van der Waals surface area (Å²) in [4.78, 5) is 13.9. The molecule has 1 heterocycles. The molecule has 0 fully saturated rings. The summed E-state index contributed by atoms with van der Waals surface area (Å²) in [5.41, 5.74) is 9.74. The number of anilines is 1. The number of halogens is 3. The third-order valence-corrected chi connectivity index (χ3v) is 1.40. The van der Waals surface area contributed by atoms with Gasteiger partial charge in [-0.15, -0.1) is 13.2 Å². The van der Waals surface area contributed by atoms with Crippen molar-refractivity contribution in [2.75, 3.05) is 5.73 Å². The molecule has 0 aliphatic heterocycles. The van der Waals surface area contributed by atoms with E-state index < -0.39 is 18.1 Å². The molecule has 0 bridgehead atoms. The first-order chi connectivity index (χ1) is 6.79. The molecule has 0 atom stereocenters. The van der Waals surface area contributed by atoms with Crippen LogP contribution in [0.2, 0.25) is 0 Å². The van der Waals surface area contributed by atoms with Crippen molar-refractivity contribution in [1.82, 2.24) is 4.98 Å². The van der Waals surface area contributed by atoms with Crippen LogP contribution >= 0.6 is 0 Å². The van der Waals surface area contributed by atoms with Gasteiger partial charge in [-0.05, 0) is 0 Å². The number of amides is 1. The second kappa shape index (κ2) is 3.64. The zero-order chi connectivity index (χ0) is 11.6. The average Bonchev–Trinajstić information content (AvgIpc) is 1.99. The summed E-state index contributed by atoms with van der Waals surface area (Å²) in [7, 11) is 0. The van der Waals surface area contributed by atoms with Crippen molar-refractivity contribution >= 4 is 11.6 Å². The van der Waals surface area contributed by atoms with Crippen LogP contribution in [-0.4, -0.2) is 17.3 Å². The molecular formula is C7H6F3N3O2. The van der Waals surface area contributed by atoms with Crippen molar-refractivity contribution in [3.05, 3.63) is 17.8 Å². The highest BCUT2D eigenvalue weighted by molar-refractivity contribution is 5.97. The maximum absolute atomic E-state index is 11.7. The molecule has 0 aliphatic rings. The molecule has 15 heavy (non-hydrogen) atoms. The summed E-state index contributed by atoms with van der Waals surface area (Å²) in [6.45, 7) is 0. The van der Waals surface area contributed by atoms with E-state index in [2.05, 4.69) is 9.72 Å². The highest BCUT2D eigenvalue weighted by atomic mass is 19.4. The smallest absolute Gasteiger partial charge is 0.398 e. The van der Waals surface area contributed by atoms with E-state index in [-0.39, 0.29) is 11.3 Å². The van der Waals surface area contributed by atoms with Crippen LogP contribution in [0.15, 0.2) is 12.3 Å². The van der Waals surface area contributed by atoms with Crippen molar-refractivity contribution in [2.45, 2.75) is 6.36 Å². The van der Waals surface area contributed by atoms with Crippen molar-refractivity contribution < 1.29 is 22.7 Å². The van der Waals surface area contributed by atoms with Gasteiger partial charge >= 0.3 is 6.36 Å². The summed E-state index contributed by atoms with van der Waals surface area (Å²) in [5.74, 6) is -1.62. The topological polar surface area (TPSA) is 91.2 Å². The molecule has 82 valence electrons. The number of nitrogens with two attached hydrogens (primary N) is 2. The molecule has 0 saturated heterocycles. The maximum atomic E-state index is 11.7. The predicted molar refractivity (Wildman–Crippen MR) is 43.9 cm³/mol. The minimum Gasteiger partial charge on any atom is -0.398 e. The van der Waals surface area contributed by atoms with Crippen LogP contribution in [0.3, 0.4) is 0 Å². The van der Waals surface area contributed by atoms with Gasteiger partial charge in [0.2, 0.25) is 5.88 Å². The third kappa shape index (κ3) is 3.01. The molecule has 0 unspecified atom stereocenters. The van der Waals surface area contributed by atoms with Crippen molar-refractivity contribution in [3.8, 4) is 5.88 Å². The van der Waals surface area contributed by atoms with Crippen LogP contribution in [0.1, 0.15) is 10.4 Å². The van der Waals surface area contributed by atoms with Crippen LogP contribution in [0.4, 0.5) is 18.9 Å². The van der Waals surface area contributed by atoms with Gasteiger partial charge in [0.15, 0.2) is 0 Å². The van der Waals surface area contributed by atoms with Crippen LogP contribution in [0.5, 0.6) is 5.88 Å². The molecule has 0 aromatic carbocycles. The standard InChI is InChI=1S/C7H6F3N3O2/c8-7(9,10)15-5-1-4(11)3(2-13-5)6(12)14/h1-2H,(H2,11,13)(H2,12,14). The molecule has 0 radical (unpaired) electrons. The Kier molecular flexibility index (Phi) is 2.69. The largest absolute Gasteiger partial charge is 0.574 e. The summed E-state index contributed by atoms with van der Waals surface area (Å²) >= 11 is 0. The molecule has 8 heteroatoms. The van der Waals surface area contributed by atoms with E-state index in [0.717, 1.165) is 12.3 Å². The Labute approximate surface area is 81.8 Å². The lowest BCUT2D eigenvalue weighted by Gasteiger charge is -2.08. The van der Waals surface area contributed by atoms with Gasteiger partial charge in [0.25, 0.3) is 5.91 Å². The number of alkyl halides is 3. The fourth-order valence-electron chi connectivity index (χ4n) is 0.831. The first-order valence-corrected chi connectivity index (χ1v) is 3.60. The predicted octanol–water partition coefficient (Wildman–Crippen LogP) is 0.661. The number of pyridine rings is 1. The van der Waals surface area contributed by atoms with Gasteiger partial charge in [-0.1, -0.05) is 0 Å². The van der Waals surface area contributed by atoms with Gasteiger partial charge in [0.1, 0.15) is 0 Å². The quantitative estimate of drug-likeness (QED) is 0.767. The SMILES string of the molecule is NC(=O)c1cnc(OC(F)(F)F)cc1N. The van der Waals surface area contributed by atoms with Crippen LogP contribution in [0.25, 0.3) is 0 Å². The van der Waals surface area contributed by atoms with E-state index in [1.807, 2.05) is 0 Å². The molecule has 1 aromatic rings. The molecule has 1 aromatic heterocycles. The lowest BCUT2D eigenvalue weighted by molar-refractivity contribution is -0.276. The summed E-state index contributed by atoms with van der Waals surface area (Å²) in [6, 6.07) is 0.771. The number of nitrogen functional groups attached to an aromatic ring is 1. The normalized spacial score (nSPS) is 11.1. The molecule has 1 rings (SSSR count).